The molecule has 1 aliphatic rings. The molecule has 2 rings (SSSR count). The van der Waals surface area contributed by atoms with Crippen molar-refractivity contribution in [2.75, 3.05) is 7.11 Å². The highest BCUT2D eigenvalue weighted by Gasteiger charge is 2.53. The number of benzene rings is 1. The van der Waals surface area contributed by atoms with Gasteiger partial charge in [0.15, 0.2) is 0 Å². The highest BCUT2D eigenvalue weighted by molar-refractivity contribution is 6.30. The molecule has 2 atom stereocenters. The van der Waals surface area contributed by atoms with Crippen molar-refractivity contribution in [2.45, 2.75) is 44.3 Å². The molecular weight excluding hydrogens is 411 g/mol. The fraction of sp³-hybridized carbons (Fsp3) is 0.400. The van der Waals surface area contributed by atoms with E-state index in [0.717, 1.165) is 6.08 Å². The van der Waals surface area contributed by atoms with Crippen LogP contribution in [0.4, 0.5) is 13.2 Å². The summed E-state index contributed by atoms with van der Waals surface area (Å²) in [7, 11) is 1.35. The van der Waals surface area contributed by atoms with Crippen molar-refractivity contribution in [2.24, 2.45) is 0 Å². The fourth-order valence-electron chi connectivity index (χ4n) is 3.58. The molecule has 1 aromatic rings. The minimum Gasteiger partial charge on any atom is -0.496 e. The molecular formula is C20H21ClF3NO4. The molecule has 0 aromatic heterocycles. The number of carbonyl (C=O) groups excluding carboxylic acids is 1. The van der Waals surface area contributed by atoms with Gasteiger partial charge in [0.1, 0.15) is 11.2 Å². The lowest BCUT2D eigenvalue weighted by Crippen LogP contribution is -2.39. The van der Waals surface area contributed by atoms with Gasteiger partial charge in [-0.05, 0) is 37.1 Å². The lowest BCUT2D eigenvalue weighted by molar-refractivity contribution is -0.140. The maximum absolute atomic E-state index is 13.2. The Balaban J connectivity index is 2.82. The van der Waals surface area contributed by atoms with Gasteiger partial charge in [-0.25, -0.2) is 0 Å². The summed E-state index contributed by atoms with van der Waals surface area (Å²) >= 11 is 6.08. The molecule has 158 valence electrons. The van der Waals surface area contributed by atoms with E-state index in [-0.39, 0.29) is 28.3 Å². The number of nitrogens with one attached hydrogen (secondary N) is 1. The standard InChI is InChI=1S/C20H21ClF3NO4/c1-4-12(20(22,23)24)5-7-14-11(2)25-18(28)19(14,10-17(26)27)15-9-13(21)6-8-16(15)29-3/h5-9,11H,4,10H2,1-3H3,(H,25,28)(H,26,27)/b12-5+,14-7+. The van der Waals surface area contributed by atoms with Crippen LogP contribution in [0.15, 0.2) is 41.5 Å². The second-order valence-corrected chi connectivity index (χ2v) is 7.12. The van der Waals surface area contributed by atoms with Gasteiger partial charge >= 0.3 is 12.1 Å². The molecule has 0 aliphatic carbocycles. The Labute approximate surface area is 171 Å². The third kappa shape index (κ3) is 4.42. The van der Waals surface area contributed by atoms with E-state index in [9.17, 15) is 27.9 Å². The van der Waals surface area contributed by atoms with Crippen LogP contribution in [0.2, 0.25) is 5.02 Å². The zero-order chi connectivity index (χ0) is 22.0. The molecule has 9 heteroatoms. The molecule has 0 spiro atoms. The summed E-state index contributed by atoms with van der Waals surface area (Å²) in [4.78, 5) is 24.7. The Hall–Kier alpha value is -2.48. The molecule has 1 amide bonds. The monoisotopic (exact) mass is 431 g/mol. The molecule has 5 nitrogen and oxygen atoms in total. The zero-order valence-electron chi connectivity index (χ0n) is 16.1. The highest BCUT2D eigenvalue weighted by Crippen LogP contribution is 2.47. The third-order valence-electron chi connectivity index (χ3n) is 4.94. The second kappa shape index (κ2) is 8.49. The average Bonchev–Trinajstić information content (AvgIpc) is 2.84. The lowest BCUT2D eigenvalue weighted by Gasteiger charge is -2.29. The van der Waals surface area contributed by atoms with Gasteiger partial charge in [-0.3, -0.25) is 9.59 Å². The SMILES string of the molecule is CC/C(=C\C=C1/C(C)NC(=O)C1(CC(=O)O)c1cc(Cl)ccc1OC)C(F)(F)F. The van der Waals surface area contributed by atoms with Crippen molar-refractivity contribution in [1.82, 2.24) is 5.32 Å². The molecule has 0 radical (unpaired) electrons. The largest absolute Gasteiger partial charge is 0.496 e. The van der Waals surface area contributed by atoms with Gasteiger partial charge in [0.25, 0.3) is 0 Å². The number of allylic oxidation sites excluding steroid dienone is 3. The molecule has 29 heavy (non-hydrogen) atoms. The van der Waals surface area contributed by atoms with Crippen molar-refractivity contribution < 1.29 is 32.6 Å². The van der Waals surface area contributed by atoms with Crippen LogP contribution in [-0.4, -0.2) is 36.3 Å². The number of halogens is 4. The molecule has 0 saturated carbocycles. The van der Waals surface area contributed by atoms with Crippen molar-refractivity contribution >= 4 is 23.5 Å². The summed E-state index contributed by atoms with van der Waals surface area (Å²) in [6.07, 6.45) is -3.41. The van der Waals surface area contributed by atoms with Crippen LogP contribution >= 0.6 is 11.6 Å². The molecule has 1 saturated heterocycles. The van der Waals surface area contributed by atoms with Gasteiger partial charge in [0.05, 0.1) is 13.5 Å². The molecule has 0 bridgehead atoms. The Morgan fingerprint density at radius 3 is 2.59 bits per heavy atom. The zero-order valence-corrected chi connectivity index (χ0v) is 16.8. The van der Waals surface area contributed by atoms with Crippen molar-refractivity contribution in [3.63, 3.8) is 0 Å². The van der Waals surface area contributed by atoms with E-state index in [0.29, 0.717) is 0 Å². The minimum atomic E-state index is -4.53. The van der Waals surface area contributed by atoms with E-state index in [1.54, 1.807) is 6.92 Å². The minimum absolute atomic E-state index is 0.182. The molecule has 2 N–H and O–H groups in total. The first-order valence-corrected chi connectivity index (χ1v) is 9.20. The fourth-order valence-corrected chi connectivity index (χ4v) is 3.76. The van der Waals surface area contributed by atoms with Crippen LogP contribution in [0, 0.1) is 0 Å². The lowest BCUT2D eigenvalue weighted by atomic mass is 9.71. The summed E-state index contributed by atoms with van der Waals surface area (Å²) in [6.45, 7) is 2.95. The van der Waals surface area contributed by atoms with Crippen LogP contribution in [0.3, 0.4) is 0 Å². The first-order chi connectivity index (χ1) is 13.5. The molecule has 1 heterocycles. The topological polar surface area (TPSA) is 75.6 Å². The van der Waals surface area contributed by atoms with Gasteiger partial charge in [0.2, 0.25) is 5.91 Å². The summed E-state index contributed by atoms with van der Waals surface area (Å²) in [5, 5.41) is 12.4. The Bertz CT molecular complexity index is 879. The van der Waals surface area contributed by atoms with Crippen LogP contribution in [0.25, 0.3) is 0 Å². The molecule has 1 aliphatic heterocycles. The number of alkyl halides is 3. The predicted octanol–water partition coefficient (Wildman–Crippen LogP) is 4.40. The second-order valence-electron chi connectivity index (χ2n) is 6.68. The number of aliphatic carboxylic acids is 1. The third-order valence-corrected chi connectivity index (χ3v) is 5.18. The summed E-state index contributed by atoms with van der Waals surface area (Å²) in [5.74, 6) is -1.73. The molecule has 1 aromatic carbocycles. The van der Waals surface area contributed by atoms with E-state index < -0.39 is 41.5 Å². The Morgan fingerprint density at radius 2 is 2.07 bits per heavy atom. The van der Waals surface area contributed by atoms with Gasteiger partial charge in [-0.15, -0.1) is 0 Å². The van der Waals surface area contributed by atoms with Gasteiger partial charge < -0.3 is 15.2 Å². The van der Waals surface area contributed by atoms with Crippen molar-refractivity contribution in [1.29, 1.82) is 0 Å². The van der Waals surface area contributed by atoms with Gasteiger partial charge in [0, 0.05) is 22.2 Å². The number of carboxylic acids is 1. The summed E-state index contributed by atoms with van der Waals surface area (Å²) in [6, 6.07) is 3.71. The van der Waals surface area contributed by atoms with Crippen LogP contribution in [0.5, 0.6) is 5.75 Å². The number of amides is 1. The van der Waals surface area contributed by atoms with E-state index in [4.69, 9.17) is 16.3 Å². The average molecular weight is 432 g/mol. The first kappa shape index (κ1) is 22.8. The highest BCUT2D eigenvalue weighted by atomic mass is 35.5. The Kier molecular flexibility index (Phi) is 6.67. The number of carboxylic acid groups (broad SMARTS) is 1. The number of rotatable bonds is 6. The van der Waals surface area contributed by atoms with E-state index in [1.807, 2.05) is 0 Å². The van der Waals surface area contributed by atoms with Crippen LogP contribution in [0.1, 0.15) is 32.3 Å². The molecule has 2 unspecified atom stereocenters. The van der Waals surface area contributed by atoms with Crippen LogP contribution < -0.4 is 10.1 Å². The van der Waals surface area contributed by atoms with Crippen LogP contribution in [-0.2, 0) is 15.0 Å². The normalized spacial score (nSPS) is 24.0. The number of ether oxygens (including phenoxy) is 1. The smallest absolute Gasteiger partial charge is 0.412 e. The maximum atomic E-state index is 13.2. The van der Waals surface area contributed by atoms with Crippen molar-refractivity contribution in [3.05, 3.63) is 52.1 Å². The first-order valence-electron chi connectivity index (χ1n) is 8.82. The number of carbonyl (C=O) groups is 2. The number of hydrogen-bond donors (Lipinski definition) is 2. The quantitative estimate of drug-likeness (QED) is 0.699. The van der Waals surface area contributed by atoms with Gasteiger partial charge in [-0.1, -0.05) is 30.7 Å². The van der Waals surface area contributed by atoms with E-state index >= 15 is 0 Å². The van der Waals surface area contributed by atoms with Gasteiger partial charge in [-0.2, -0.15) is 13.2 Å². The summed E-state index contributed by atoms with van der Waals surface area (Å²) in [5.41, 5.74) is -2.18. The maximum Gasteiger partial charge on any atom is 0.412 e. The number of methoxy groups -OCH3 is 1. The summed E-state index contributed by atoms with van der Waals surface area (Å²) < 4.78 is 44.8. The van der Waals surface area contributed by atoms with E-state index in [2.05, 4.69) is 5.32 Å². The Morgan fingerprint density at radius 1 is 1.41 bits per heavy atom. The number of hydrogen-bond acceptors (Lipinski definition) is 3. The van der Waals surface area contributed by atoms with E-state index in [1.165, 1.54) is 38.3 Å². The molecule has 1 fully saturated rings. The van der Waals surface area contributed by atoms with Crippen molar-refractivity contribution in [3.8, 4) is 5.75 Å². The predicted molar refractivity (Wildman–Crippen MR) is 102 cm³/mol.